The van der Waals surface area contributed by atoms with E-state index in [0.29, 0.717) is 25.9 Å². The van der Waals surface area contributed by atoms with Crippen LogP contribution in [0.2, 0.25) is 0 Å². The summed E-state index contributed by atoms with van der Waals surface area (Å²) in [5, 5.41) is 23.4. The van der Waals surface area contributed by atoms with E-state index in [0.717, 1.165) is 77.0 Å². The lowest BCUT2D eigenvalue weighted by Gasteiger charge is -2.22. The number of rotatable bonds is 61. The molecule has 1 amide bonds. The van der Waals surface area contributed by atoms with Crippen molar-refractivity contribution in [3.63, 3.8) is 0 Å². The number of aliphatic hydroxyl groups is 2. The van der Waals surface area contributed by atoms with Gasteiger partial charge in [0.05, 0.1) is 25.4 Å². The molecule has 2 unspecified atom stereocenters. The van der Waals surface area contributed by atoms with Crippen LogP contribution in [0.25, 0.3) is 0 Å². The number of esters is 1. The van der Waals surface area contributed by atoms with E-state index in [-0.39, 0.29) is 18.5 Å². The minimum absolute atomic E-state index is 0.0155. The molecule has 0 fully saturated rings. The molecule has 0 spiro atoms. The van der Waals surface area contributed by atoms with Crippen LogP contribution < -0.4 is 5.32 Å². The summed E-state index contributed by atoms with van der Waals surface area (Å²) in [7, 11) is 0. The van der Waals surface area contributed by atoms with Gasteiger partial charge < -0.3 is 20.3 Å². The molecule has 0 saturated heterocycles. The number of hydrogen-bond acceptors (Lipinski definition) is 5. The topological polar surface area (TPSA) is 95.9 Å². The van der Waals surface area contributed by atoms with Crippen molar-refractivity contribution >= 4 is 11.9 Å². The van der Waals surface area contributed by atoms with Crippen molar-refractivity contribution in [2.75, 3.05) is 13.2 Å². The van der Waals surface area contributed by atoms with E-state index in [1.54, 1.807) is 0 Å². The van der Waals surface area contributed by atoms with Gasteiger partial charge in [0.25, 0.3) is 0 Å². The normalized spacial score (nSPS) is 12.8. The van der Waals surface area contributed by atoms with Gasteiger partial charge in [0.15, 0.2) is 0 Å². The number of carbonyl (C=O) groups excluding carboxylic acids is 2. The molecule has 0 heterocycles. The molecular weight excluding hydrogens is 899 g/mol. The first kappa shape index (κ1) is 71.1. The zero-order valence-corrected chi connectivity index (χ0v) is 49.1. The third-order valence-corrected chi connectivity index (χ3v) is 15.2. The maximum atomic E-state index is 12.5. The van der Waals surface area contributed by atoms with Crippen LogP contribution in [0.4, 0.5) is 0 Å². The maximum absolute atomic E-state index is 12.5. The third kappa shape index (κ3) is 59.2. The zero-order chi connectivity index (χ0) is 52.9. The molecule has 73 heavy (non-hydrogen) atoms. The molecule has 0 aliphatic rings. The van der Waals surface area contributed by atoms with E-state index < -0.39 is 12.1 Å². The lowest BCUT2D eigenvalue weighted by atomic mass is 10.0. The molecule has 0 aromatic carbocycles. The lowest BCUT2D eigenvalue weighted by molar-refractivity contribution is -0.143. The summed E-state index contributed by atoms with van der Waals surface area (Å²) in [4.78, 5) is 24.6. The number of amides is 1. The lowest BCUT2D eigenvalue weighted by Crippen LogP contribution is -2.45. The molecular formula is C67H127NO5. The summed E-state index contributed by atoms with van der Waals surface area (Å²) in [6.07, 6.45) is 78.7. The molecule has 0 rings (SSSR count). The van der Waals surface area contributed by atoms with E-state index in [1.165, 1.54) is 244 Å². The molecule has 0 aliphatic carbocycles. The maximum Gasteiger partial charge on any atom is 0.305 e. The number of unbranched alkanes of at least 4 members (excludes halogenated alkanes) is 44. The Labute approximate surface area is 455 Å². The van der Waals surface area contributed by atoms with Crippen LogP contribution in [-0.2, 0) is 14.3 Å². The zero-order valence-electron chi connectivity index (χ0n) is 49.1. The molecule has 3 N–H and O–H groups in total. The van der Waals surface area contributed by atoms with Crippen molar-refractivity contribution < 1.29 is 24.5 Å². The smallest absolute Gasteiger partial charge is 0.305 e. The van der Waals surface area contributed by atoms with Gasteiger partial charge in [-0.1, -0.05) is 294 Å². The van der Waals surface area contributed by atoms with Crippen LogP contribution in [-0.4, -0.2) is 47.4 Å². The van der Waals surface area contributed by atoms with Gasteiger partial charge in [-0.15, -0.1) is 0 Å². The Morgan fingerprint density at radius 1 is 0.384 bits per heavy atom. The van der Waals surface area contributed by atoms with Crippen LogP contribution in [0.1, 0.15) is 354 Å². The van der Waals surface area contributed by atoms with Gasteiger partial charge in [0.2, 0.25) is 5.91 Å². The van der Waals surface area contributed by atoms with Gasteiger partial charge in [0, 0.05) is 12.8 Å². The Balaban J connectivity index is 3.47. The number of hydrogen-bond donors (Lipinski definition) is 3. The van der Waals surface area contributed by atoms with Gasteiger partial charge in [-0.3, -0.25) is 9.59 Å². The predicted octanol–water partition coefficient (Wildman–Crippen LogP) is 20.8. The highest BCUT2D eigenvalue weighted by molar-refractivity contribution is 5.76. The first-order valence-electron chi connectivity index (χ1n) is 32.7. The fourth-order valence-electron chi connectivity index (χ4n) is 10.1. The molecule has 430 valence electrons. The first-order chi connectivity index (χ1) is 36.0. The Morgan fingerprint density at radius 2 is 0.685 bits per heavy atom. The van der Waals surface area contributed by atoms with Crippen molar-refractivity contribution in [3.8, 4) is 0 Å². The quantitative estimate of drug-likeness (QED) is 0.0320. The molecule has 0 radical (unpaired) electrons. The summed E-state index contributed by atoms with van der Waals surface area (Å²) in [6, 6.07) is -0.564. The highest BCUT2D eigenvalue weighted by atomic mass is 16.5. The molecule has 6 nitrogen and oxygen atoms in total. The summed E-state index contributed by atoms with van der Waals surface area (Å²) in [5.41, 5.74) is 0. The SMILES string of the molecule is CCCCC/C=C\C/C=C\CCCCCCCCCCCC(=O)OCCCCCCCC/C=C\CCCCCC(=O)NC(CO)C(O)CCCCCCCCCCCCCCCCCCCCCCCCCC. The van der Waals surface area contributed by atoms with Crippen molar-refractivity contribution in [3.05, 3.63) is 36.5 Å². The number of aliphatic hydroxyl groups excluding tert-OH is 2. The highest BCUT2D eigenvalue weighted by Gasteiger charge is 2.20. The second-order valence-electron chi connectivity index (χ2n) is 22.4. The number of carbonyl (C=O) groups is 2. The van der Waals surface area contributed by atoms with E-state index in [4.69, 9.17) is 4.74 Å². The molecule has 0 aliphatic heterocycles. The minimum atomic E-state index is -0.684. The first-order valence-corrected chi connectivity index (χ1v) is 32.7. The van der Waals surface area contributed by atoms with Crippen LogP contribution in [0.5, 0.6) is 0 Å². The fraction of sp³-hybridized carbons (Fsp3) is 0.881. The van der Waals surface area contributed by atoms with E-state index in [9.17, 15) is 19.8 Å². The Kier molecular flexibility index (Phi) is 61.0. The van der Waals surface area contributed by atoms with Crippen LogP contribution >= 0.6 is 0 Å². The Bertz CT molecular complexity index is 1180. The summed E-state index contributed by atoms with van der Waals surface area (Å²) >= 11 is 0. The molecule has 0 bridgehead atoms. The molecule has 2 atom stereocenters. The summed E-state index contributed by atoms with van der Waals surface area (Å²) in [6.45, 7) is 4.91. The van der Waals surface area contributed by atoms with Crippen molar-refractivity contribution in [2.45, 2.75) is 366 Å². The summed E-state index contributed by atoms with van der Waals surface area (Å²) in [5.74, 6) is -0.0772. The monoisotopic (exact) mass is 1030 g/mol. The summed E-state index contributed by atoms with van der Waals surface area (Å²) < 4.78 is 5.48. The van der Waals surface area contributed by atoms with Crippen molar-refractivity contribution in [2.24, 2.45) is 0 Å². The Morgan fingerprint density at radius 3 is 1.10 bits per heavy atom. The van der Waals surface area contributed by atoms with Gasteiger partial charge in [-0.2, -0.15) is 0 Å². The van der Waals surface area contributed by atoms with Crippen LogP contribution in [0.3, 0.4) is 0 Å². The number of ether oxygens (including phenoxy) is 1. The van der Waals surface area contributed by atoms with E-state index in [2.05, 4.69) is 55.6 Å². The number of allylic oxidation sites excluding steroid dienone is 6. The van der Waals surface area contributed by atoms with Gasteiger partial charge in [-0.05, 0) is 83.5 Å². The Hall–Kier alpha value is -1.92. The van der Waals surface area contributed by atoms with Crippen LogP contribution in [0, 0.1) is 0 Å². The average Bonchev–Trinajstić information content (AvgIpc) is 3.39. The molecule has 0 aromatic heterocycles. The standard InChI is InChI=1S/C67H127NO5/c1-3-5-7-9-11-13-15-17-19-21-23-24-25-26-27-29-30-32-35-39-43-47-51-55-59-65(70)64(63-69)68-66(71)60-56-52-48-44-40-36-34-38-42-46-50-54-58-62-73-67(72)61-57-53-49-45-41-37-33-31-28-22-20-18-16-14-12-10-8-6-4-2/h12,14,18,20,36,40,64-65,69-70H,3-11,13,15-17,19,21-35,37-39,41-63H2,1-2H3,(H,68,71)/b14-12-,20-18-,40-36-. The van der Waals surface area contributed by atoms with Crippen molar-refractivity contribution in [1.82, 2.24) is 5.32 Å². The van der Waals surface area contributed by atoms with Crippen LogP contribution in [0.15, 0.2) is 36.5 Å². The molecule has 0 saturated carbocycles. The van der Waals surface area contributed by atoms with Crippen molar-refractivity contribution in [1.29, 1.82) is 0 Å². The second-order valence-corrected chi connectivity index (χ2v) is 22.4. The second kappa shape index (κ2) is 62.6. The van der Waals surface area contributed by atoms with E-state index >= 15 is 0 Å². The minimum Gasteiger partial charge on any atom is -0.466 e. The molecule has 6 heteroatoms. The van der Waals surface area contributed by atoms with Gasteiger partial charge in [-0.25, -0.2) is 0 Å². The van der Waals surface area contributed by atoms with Gasteiger partial charge >= 0.3 is 5.97 Å². The van der Waals surface area contributed by atoms with E-state index in [1.807, 2.05) is 0 Å². The third-order valence-electron chi connectivity index (χ3n) is 15.2. The molecule has 0 aromatic rings. The largest absolute Gasteiger partial charge is 0.466 e. The number of nitrogens with one attached hydrogen (secondary N) is 1. The fourth-order valence-corrected chi connectivity index (χ4v) is 10.1. The highest BCUT2D eigenvalue weighted by Crippen LogP contribution is 2.18. The van der Waals surface area contributed by atoms with Gasteiger partial charge in [0.1, 0.15) is 0 Å². The predicted molar refractivity (Wildman–Crippen MR) is 319 cm³/mol. The average molecular weight is 1030 g/mol.